The van der Waals surface area contributed by atoms with Crippen molar-refractivity contribution in [1.29, 1.82) is 0 Å². The van der Waals surface area contributed by atoms with E-state index in [2.05, 4.69) is 0 Å². The largest absolute Gasteiger partial charge is 0.397 e. The third-order valence-electron chi connectivity index (χ3n) is 2.84. The molecule has 0 heterocycles. The first kappa shape index (κ1) is 15.4. The zero-order chi connectivity index (χ0) is 15.0. The molecule has 0 aromatic heterocycles. The number of amides is 1. The minimum absolute atomic E-state index is 0.198. The van der Waals surface area contributed by atoms with Crippen LogP contribution in [0.15, 0.2) is 12.1 Å². The van der Waals surface area contributed by atoms with E-state index in [1.54, 1.807) is 0 Å². The van der Waals surface area contributed by atoms with Crippen molar-refractivity contribution in [2.75, 3.05) is 17.3 Å². The molecule has 1 aromatic rings. The highest BCUT2D eigenvalue weighted by atomic mass is 32.2. The number of nitrogen functional groups attached to an aromatic ring is 1. The molecular weight excluding hydrogens is 278 g/mol. The highest BCUT2D eigenvalue weighted by molar-refractivity contribution is 7.92. The second-order valence-electron chi connectivity index (χ2n) is 4.56. The van der Waals surface area contributed by atoms with Crippen LogP contribution in [-0.4, -0.2) is 25.3 Å². The summed E-state index contributed by atoms with van der Waals surface area (Å²) in [6.07, 6.45) is 0.873. The van der Waals surface area contributed by atoms with E-state index >= 15 is 0 Å². The molecule has 0 atom stereocenters. The Morgan fingerprint density at radius 2 is 1.84 bits per heavy atom. The van der Waals surface area contributed by atoms with Gasteiger partial charge >= 0.3 is 0 Å². The Bertz CT molecular complexity index is 627. The molecule has 0 saturated carbocycles. The summed E-state index contributed by atoms with van der Waals surface area (Å²) in [5.74, 6) is -3.52. The van der Waals surface area contributed by atoms with Gasteiger partial charge in [-0.2, -0.15) is 0 Å². The van der Waals surface area contributed by atoms with Gasteiger partial charge in [-0.25, -0.2) is 17.2 Å². The summed E-state index contributed by atoms with van der Waals surface area (Å²) in [7, 11) is -3.73. The van der Waals surface area contributed by atoms with Crippen molar-refractivity contribution in [3.63, 3.8) is 0 Å². The van der Waals surface area contributed by atoms with Gasteiger partial charge in [-0.15, -0.1) is 0 Å². The zero-order valence-corrected chi connectivity index (χ0v) is 11.4. The molecule has 8 heteroatoms. The molecule has 3 N–H and O–H groups in total. The number of hydrogen-bond acceptors (Lipinski definition) is 4. The van der Waals surface area contributed by atoms with Crippen molar-refractivity contribution < 1.29 is 22.0 Å². The van der Waals surface area contributed by atoms with Gasteiger partial charge in [-0.3, -0.25) is 4.79 Å². The molecule has 0 aliphatic heterocycles. The first-order chi connectivity index (χ1) is 8.48. The van der Waals surface area contributed by atoms with E-state index in [1.807, 2.05) is 5.32 Å². The summed E-state index contributed by atoms with van der Waals surface area (Å²) in [6.45, 7) is 2.32. The third kappa shape index (κ3) is 2.83. The van der Waals surface area contributed by atoms with Crippen LogP contribution in [0.4, 0.5) is 20.2 Å². The molecule has 5 nitrogen and oxygen atoms in total. The van der Waals surface area contributed by atoms with Crippen LogP contribution in [-0.2, 0) is 14.6 Å². The summed E-state index contributed by atoms with van der Waals surface area (Å²) in [6, 6.07) is 1.88. The van der Waals surface area contributed by atoms with Crippen LogP contribution in [0.3, 0.4) is 0 Å². The van der Waals surface area contributed by atoms with Gasteiger partial charge in [0.25, 0.3) is 0 Å². The molecule has 1 amide bonds. The third-order valence-corrected chi connectivity index (χ3v) is 4.88. The maximum Gasteiger partial charge on any atom is 0.245 e. The van der Waals surface area contributed by atoms with Gasteiger partial charge in [0.2, 0.25) is 5.91 Å². The van der Waals surface area contributed by atoms with Gasteiger partial charge in [0, 0.05) is 6.26 Å². The Labute approximate surface area is 109 Å². The Kier molecular flexibility index (Phi) is 3.85. The van der Waals surface area contributed by atoms with Crippen molar-refractivity contribution in [3.05, 3.63) is 23.8 Å². The molecule has 1 rings (SSSR count). The standard InChI is InChI=1S/C11H14F2N2O3S/c1-11(2,19(3,17)18)10(16)15-9-7(14)5-4-6(12)8(9)13/h4-5H,14H2,1-3H3,(H,15,16). The lowest BCUT2D eigenvalue weighted by Gasteiger charge is -2.22. The topological polar surface area (TPSA) is 89.3 Å². The summed E-state index contributed by atoms with van der Waals surface area (Å²) in [5.41, 5.74) is 4.65. The van der Waals surface area contributed by atoms with E-state index in [4.69, 9.17) is 5.73 Å². The average Bonchev–Trinajstić information content (AvgIpc) is 2.27. The molecule has 19 heavy (non-hydrogen) atoms. The van der Waals surface area contributed by atoms with Crippen LogP contribution in [0.5, 0.6) is 0 Å². The number of sulfone groups is 1. The quantitative estimate of drug-likeness (QED) is 0.822. The second kappa shape index (κ2) is 4.76. The lowest BCUT2D eigenvalue weighted by molar-refractivity contribution is -0.117. The predicted octanol–water partition coefficient (Wildman–Crippen LogP) is 1.31. The molecule has 0 fully saturated rings. The molecule has 0 unspecified atom stereocenters. The van der Waals surface area contributed by atoms with Gasteiger partial charge < -0.3 is 11.1 Å². The molecular formula is C11H14F2N2O3S. The number of carbonyl (C=O) groups excluding carboxylic acids is 1. The van der Waals surface area contributed by atoms with Crippen molar-refractivity contribution in [2.45, 2.75) is 18.6 Å². The number of nitrogens with one attached hydrogen (secondary N) is 1. The van der Waals surface area contributed by atoms with Crippen LogP contribution in [0.2, 0.25) is 0 Å². The molecule has 0 aliphatic rings. The Hall–Kier alpha value is -1.70. The van der Waals surface area contributed by atoms with Gasteiger partial charge in [0.05, 0.1) is 5.69 Å². The Balaban J connectivity index is 3.19. The molecule has 0 aliphatic carbocycles. The molecule has 0 radical (unpaired) electrons. The lowest BCUT2D eigenvalue weighted by atomic mass is 10.1. The van der Waals surface area contributed by atoms with Crippen LogP contribution in [0.25, 0.3) is 0 Å². The Morgan fingerprint density at radius 3 is 2.32 bits per heavy atom. The average molecular weight is 292 g/mol. The number of benzene rings is 1. The molecule has 0 bridgehead atoms. The molecule has 0 spiro atoms. The highest BCUT2D eigenvalue weighted by Crippen LogP contribution is 2.26. The van der Waals surface area contributed by atoms with Crippen molar-refractivity contribution in [3.8, 4) is 0 Å². The van der Waals surface area contributed by atoms with Crippen molar-refractivity contribution >= 4 is 27.1 Å². The zero-order valence-electron chi connectivity index (χ0n) is 10.6. The summed E-state index contributed by atoms with van der Waals surface area (Å²) in [4.78, 5) is 11.9. The highest BCUT2D eigenvalue weighted by Gasteiger charge is 2.39. The van der Waals surface area contributed by atoms with E-state index in [1.165, 1.54) is 0 Å². The predicted molar refractivity (Wildman–Crippen MR) is 68.3 cm³/mol. The number of hydrogen-bond donors (Lipinski definition) is 2. The summed E-state index contributed by atoms with van der Waals surface area (Å²) in [5, 5.41) is 2.01. The normalized spacial score (nSPS) is 12.3. The van der Waals surface area contributed by atoms with Gasteiger partial charge in [0.1, 0.15) is 10.4 Å². The van der Waals surface area contributed by atoms with Crippen molar-refractivity contribution in [2.24, 2.45) is 0 Å². The first-order valence-electron chi connectivity index (χ1n) is 5.23. The number of halogens is 2. The van der Waals surface area contributed by atoms with E-state index in [9.17, 15) is 22.0 Å². The Morgan fingerprint density at radius 1 is 1.32 bits per heavy atom. The monoisotopic (exact) mass is 292 g/mol. The number of anilines is 2. The smallest absolute Gasteiger partial charge is 0.245 e. The van der Waals surface area contributed by atoms with E-state index in [-0.39, 0.29) is 5.69 Å². The first-order valence-corrected chi connectivity index (χ1v) is 7.12. The number of nitrogens with two attached hydrogens (primary N) is 1. The lowest BCUT2D eigenvalue weighted by Crippen LogP contribution is -2.44. The fourth-order valence-corrected chi connectivity index (χ4v) is 1.51. The van der Waals surface area contributed by atoms with E-state index in [0.717, 1.165) is 32.2 Å². The summed E-state index contributed by atoms with van der Waals surface area (Å²) < 4.78 is 47.7. The van der Waals surface area contributed by atoms with Gasteiger partial charge in [-0.1, -0.05) is 0 Å². The SMILES string of the molecule is CC(C)(C(=O)Nc1c(N)ccc(F)c1F)S(C)(=O)=O. The van der Waals surface area contributed by atoms with Gasteiger partial charge in [0.15, 0.2) is 21.5 Å². The van der Waals surface area contributed by atoms with Crippen molar-refractivity contribution in [1.82, 2.24) is 0 Å². The van der Waals surface area contributed by atoms with Gasteiger partial charge in [-0.05, 0) is 26.0 Å². The fraction of sp³-hybridized carbons (Fsp3) is 0.364. The molecule has 0 saturated heterocycles. The van der Waals surface area contributed by atoms with Crippen LogP contribution >= 0.6 is 0 Å². The maximum atomic E-state index is 13.5. The summed E-state index contributed by atoms with van der Waals surface area (Å²) >= 11 is 0. The van der Waals surface area contributed by atoms with Crippen LogP contribution in [0, 0.1) is 11.6 Å². The van der Waals surface area contributed by atoms with E-state index in [0.29, 0.717) is 0 Å². The fourth-order valence-electron chi connectivity index (χ4n) is 1.13. The van der Waals surface area contributed by atoms with E-state index < -0.39 is 37.8 Å². The van der Waals surface area contributed by atoms with Crippen LogP contribution in [0.1, 0.15) is 13.8 Å². The number of carbonyl (C=O) groups is 1. The molecule has 1 aromatic carbocycles. The molecule has 106 valence electrons. The second-order valence-corrected chi connectivity index (χ2v) is 7.13. The maximum absolute atomic E-state index is 13.5. The van der Waals surface area contributed by atoms with Crippen LogP contribution < -0.4 is 11.1 Å². The minimum Gasteiger partial charge on any atom is -0.397 e. The number of rotatable bonds is 3. The minimum atomic E-state index is -3.73.